The smallest absolute Gasteiger partial charge is 0.255 e. The van der Waals surface area contributed by atoms with E-state index in [1.165, 1.54) is 35.4 Å². The average Bonchev–Trinajstić information content (AvgIpc) is 2.78. The average molecular weight is 270 g/mol. The van der Waals surface area contributed by atoms with Crippen LogP contribution in [0.15, 0.2) is 42.5 Å². The highest BCUT2D eigenvalue weighted by Gasteiger charge is 2.16. The van der Waals surface area contributed by atoms with Gasteiger partial charge in [0.15, 0.2) is 0 Å². The minimum absolute atomic E-state index is 0.226. The minimum atomic E-state index is -0.345. The summed E-state index contributed by atoms with van der Waals surface area (Å²) in [5, 5.41) is 2.84. The van der Waals surface area contributed by atoms with Gasteiger partial charge in [0, 0.05) is 24.3 Å². The quantitative estimate of drug-likeness (QED) is 0.909. The van der Waals surface area contributed by atoms with Crippen molar-refractivity contribution in [3.8, 4) is 0 Å². The van der Waals surface area contributed by atoms with E-state index in [0.29, 0.717) is 5.56 Å². The van der Waals surface area contributed by atoms with E-state index in [0.717, 1.165) is 18.8 Å². The number of fused-ring (bicyclic) bond motifs is 1. The Morgan fingerprint density at radius 3 is 2.55 bits per heavy atom. The fraction of sp³-hybridized carbons (Fsp3) is 0.188. The van der Waals surface area contributed by atoms with Gasteiger partial charge in [-0.1, -0.05) is 6.07 Å². The molecule has 0 radical (unpaired) electrons. The number of anilines is 1. The van der Waals surface area contributed by atoms with Crippen molar-refractivity contribution in [2.45, 2.75) is 13.1 Å². The Bertz CT molecular complexity index is 652. The van der Waals surface area contributed by atoms with Gasteiger partial charge in [-0.2, -0.15) is 0 Å². The maximum Gasteiger partial charge on any atom is 0.255 e. The van der Waals surface area contributed by atoms with Crippen LogP contribution in [0.3, 0.4) is 0 Å². The molecule has 1 aliphatic heterocycles. The number of halogens is 1. The number of nitrogens with one attached hydrogen (secondary N) is 1. The Morgan fingerprint density at radius 2 is 1.80 bits per heavy atom. The number of rotatable bonds is 2. The number of benzene rings is 2. The summed E-state index contributed by atoms with van der Waals surface area (Å²) in [7, 11) is 2.07. The molecule has 0 atom stereocenters. The minimum Gasteiger partial charge on any atom is -0.322 e. The van der Waals surface area contributed by atoms with Gasteiger partial charge in [0.1, 0.15) is 5.82 Å². The fourth-order valence-electron chi connectivity index (χ4n) is 2.45. The molecular weight excluding hydrogens is 255 g/mol. The molecule has 20 heavy (non-hydrogen) atoms. The van der Waals surface area contributed by atoms with Crippen LogP contribution in [0.5, 0.6) is 0 Å². The maximum absolute atomic E-state index is 12.8. The van der Waals surface area contributed by atoms with Crippen LogP contribution in [-0.2, 0) is 13.1 Å². The molecule has 0 spiro atoms. The number of carbonyl (C=O) groups excluding carboxylic acids is 1. The molecule has 0 saturated carbocycles. The highest BCUT2D eigenvalue weighted by molar-refractivity contribution is 6.04. The zero-order chi connectivity index (χ0) is 14.1. The van der Waals surface area contributed by atoms with Crippen LogP contribution in [0.1, 0.15) is 21.5 Å². The second kappa shape index (κ2) is 5.06. The van der Waals surface area contributed by atoms with Crippen molar-refractivity contribution < 1.29 is 9.18 Å². The second-order valence-corrected chi connectivity index (χ2v) is 5.12. The van der Waals surface area contributed by atoms with Crippen LogP contribution in [-0.4, -0.2) is 17.9 Å². The highest BCUT2D eigenvalue weighted by Crippen LogP contribution is 2.24. The predicted octanol–water partition coefficient (Wildman–Crippen LogP) is 3.02. The zero-order valence-corrected chi connectivity index (χ0v) is 11.2. The van der Waals surface area contributed by atoms with Gasteiger partial charge in [-0.05, 0) is 54.6 Å². The van der Waals surface area contributed by atoms with Gasteiger partial charge >= 0.3 is 0 Å². The topological polar surface area (TPSA) is 32.3 Å². The first kappa shape index (κ1) is 12.8. The molecule has 4 heteroatoms. The van der Waals surface area contributed by atoms with E-state index in [-0.39, 0.29) is 11.7 Å². The molecule has 1 aliphatic rings. The summed E-state index contributed by atoms with van der Waals surface area (Å²) in [4.78, 5) is 14.3. The Kier molecular flexibility index (Phi) is 3.24. The first-order chi connectivity index (χ1) is 9.61. The molecule has 1 heterocycles. The molecule has 0 bridgehead atoms. The summed E-state index contributed by atoms with van der Waals surface area (Å²) in [6.07, 6.45) is 0. The SMILES string of the molecule is CN1Cc2ccc(NC(=O)c3ccc(F)cc3)cc2C1. The monoisotopic (exact) mass is 270 g/mol. The van der Waals surface area contributed by atoms with Crippen molar-refractivity contribution >= 4 is 11.6 Å². The van der Waals surface area contributed by atoms with Crippen LogP contribution in [0, 0.1) is 5.82 Å². The van der Waals surface area contributed by atoms with E-state index in [1.807, 2.05) is 18.2 Å². The van der Waals surface area contributed by atoms with Crippen molar-refractivity contribution in [3.05, 3.63) is 65.0 Å². The largest absolute Gasteiger partial charge is 0.322 e. The maximum atomic E-state index is 12.8. The lowest BCUT2D eigenvalue weighted by Gasteiger charge is -2.07. The molecule has 0 unspecified atom stereocenters. The Balaban J connectivity index is 1.77. The lowest BCUT2D eigenvalue weighted by atomic mass is 10.1. The molecule has 102 valence electrons. The van der Waals surface area contributed by atoms with Crippen molar-refractivity contribution in [1.29, 1.82) is 0 Å². The van der Waals surface area contributed by atoms with Crippen molar-refractivity contribution in [2.75, 3.05) is 12.4 Å². The van der Waals surface area contributed by atoms with E-state index in [2.05, 4.69) is 17.3 Å². The predicted molar refractivity (Wildman–Crippen MR) is 76.0 cm³/mol. The van der Waals surface area contributed by atoms with Crippen LogP contribution >= 0.6 is 0 Å². The molecule has 2 aromatic carbocycles. The highest BCUT2D eigenvalue weighted by atomic mass is 19.1. The van der Waals surface area contributed by atoms with Gasteiger partial charge in [-0.15, -0.1) is 0 Å². The van der Waals surface area contributed by atoms with Crippen LogP contribution in [0.25, 0.3) is 0 Å². The third-order valence-electron chi connectivity index (χ3n) is 3.45. The first-order valence-corrected chi connectivity index (χ1v) is 6.49. The lowest BCUT2D eigenvalue weighted by molar-refractivity contribution is 0.102. The molecule has 1 N–H and O–H groups in total. The molecule has 3 rings (SSSR count). The molecular formula is C16H15FN2O. The molecule has 3 nitrogen and oxygen atoms in total. The standard InChI is InChI=1S/C16H15FN2O/c1-19-9-12-4-7-15(8-13(12)10-19)18-16(20)11-2-5-14(17)6-3-11/h2-8H,9-10H2,1H3,(H,18,20). The number of hydrogen-bond acceptors (Lipinski definition) is 2. The Morgan fingerprint density at radius 1 is 1.10 bits per heavy atom. The fourth-order valence-corrected chi connectivity index (χ4v) is 2.45. The van der Waals surface area contributed by atoms with E-state index in [4.69, 9.17) is 0 Å². The summed E-state index contributed by atoms with van der Waals surface area (Å²) in [5.74, 6) is -0.571. The second-order valence-electron chi connectivity index (χ2n) is 5.12. The van der Waals surface area contributed by atoms with E-state index < -0.39 is 0 Å². The molecule has 1 amide bonds. The normalized spacial score (nSPS) is 14.1. The van der Waals surface area contributed by atoms with Crippen LogP contribution < -0.4 is 5.32 Å². The van der Waals surface area contributed by atoms with E-state index in [9.17, 15) is 9.18 Å². The summed E-state index contributed by atoms with van der Waals surface area (Å²) < 4.78 is 12.8. The number of hydrogen-bond donors (Lipinski definition) is 1. The summed E-state index contributed by atoms with van der Waals surface area (Å²) >= 11 is 0. The van der Waals surface area contributed by atoms with E-state index >= 15 is 0 Å². The van der Waals surface area contributed by atoms with E-state index in [1.54, 1.807) is 0 Å². The van der Waals surface area contributed by atoms with Gasteiger partial charge < -0.3 is 5.32 Å². The molecule has 0 aliphatic carbocycles. The van der Waals surface area contributed by atoms with Crippen molar-refractivity contribution in [3.63, 3.8) is 0 Å². The molecule has 2 aromatic rings. The van der Waals surface area contributed by atoms with Gasteiger partial charge in [-0.3, -0.25) is 9.69 Å². The number of amides is 1. The van der Waals surface area contributed by atoms with Crippen LogP contribution in [0.2, 0.25) is 0 Å². The summed E-state index contributed by atoms with van der Waals surface area (Å²) in [5.41, 5.74) is 3.76. The molecule has 0 saturated heterocycles. The van der Waals surface area contributed by atoms with Crippen molar-refractivity contribution in [1.82, 2.24) is 4.90 Å². The molecule has 0 fully saturated rings. The van der Waals surface area contributed by atoms with Gasteiger partial charge in [0.05, 0.1) is 0 Å². The third kappa shape index (κ3) is 2.56. The zero-order valence-electron chi connectivity index (χ0n) is 11.2. The first-order valence-electron chi connectivity index (χ1n) is 6.49. The van der Waals surface area contributed by atoms with Crippen molar-refractivity contribution in [2.24, 2.45) is 0 Å². The summed E-state index contributed by atoms with van der Waals surface area (Å²) in [6, 6.07) is 11.5. The number of carbonyl (C=O) groups is 1. The number of nitrogens with zero attached hydrogens (tertiary/aromatic N) is 1. The third-order valence-corrected chi connectivity index (χ3v) is 3.45. The Hall–Kier alpha value is -2.20. The van der Waals surface area contributed by atoms with Crippen LogP contribution in [0.4, 0.5) is 10.1 Å². The lowest BCUT2D eigenvalue weighted by Crippen LogP contribution is -2.12. The van der Waals surface area contributed by atoms with Gasteiger partial charge in [-0.25, -0.2) is 4.39 Å². The molecule has 0 aromatic heterocycles. The Labute approximate surface area is 117 Å². The van der Waals surface area contributed by atoms with Gasteiger partial charge in [0.25, 0.3) is 5.91 Å². The van der Waals surface area contributed by atoms with Gasteiger partial charge in [0.2, 0.25) is 0 Å². The summed E-state index contributed by atoms with van der Waals surface area (Å²) in [6.45, 7) is 1.84.